The Morgan fingerprint density at radius 3 is 2.53 bits per heavy atom. The van der Waals surface area contributed by atoms with Crippen LogP contribution < -0.4 is 15.1 Å². The Balaban J connectivity index is 1.34. The number of urea groups is 1. The van der Waals surface area contributed by atoms with Crippen LogP contribution in [0.5, 0.6) is 0 Å². The topological polar surface area (TPSA) is 84.9 Å². The fourth-order valence-electron chi connectivity index (χ4n) is 4.81. The van der Waals surface area contributed by atoms with Crippen LogP contribution in [0, 0.1) is 0 Å². The average Bonchev–Trinajstić information content (AvgIpc) is 2.92. The van der Waals surface area contributed by atoms with E-state index in [4.69, 9.17) is 4.98 Å². The Labute approximate surface area is 223 Å². The van der Waals surface area contributed by atoms with Gasteiger partial charge in [0.15, 0.2) is 5.78 Å². The second kappa shape index (κ2) is 11.0. The molecule has 0 spiro atoms. The van der Waals surface area contributed by atoms with Gasteiger partial charge in [-0.3, -0.25) is 9.69 Å². The molecule has 9 heteroatoms. The zero-order valence-corrected chi connectivity index (χ0v) is 21.9. The fourth-order valence-corrected chi connectivity index (χ4v) is 4.81. The third-order valence-electron chi connectivity index (χ3n) is 6.99. The Bertz CT molecular complexity index is 1330. The van der Waals surface area contributed by atoms with Gasteiger partial charge in [0.25, 0.3) is 0 Å². The third kappa shape index (κ3) is 5.68. The summed E-state index contributed by atoms with van der Waals surface area (Å²) >= 11 is 0. The molecule has 0 atom stereocenters. The molecule has 1 aromatic heterocycles. The normalized spacial score (nSPS) is 15.8. The van der Waals surface area contributed by atoms with Crippen LogP contribution in [0.25, 0.3) is 0 Å². The molecule has 1 fully saturated rings. The number of anilines is 4. The van der Waals surface area contributed by atoms with Crippen LogP contribution in [0.15, 0.2) is 67.4 Å². The van der Waals surface area contributed by atoms with Crippen molar-refractivity contribution in [2.75, 3.05) is 55.4 Å². The van der Waals surface area contributed by atoms with Crippen molar-refractivity contribution < 1.29 is 9.59 Å². The second-order valence-corrected chi connectivity index (χ2v) is 9.90. The first-order chi connectivity index (χ1) is 18.4. The summed E-state index contributed by atoms with van der Waals surface area (Å²) in [6.45, 7) is 8.48. The first-order valence-electron chi connectivity index (χ1n) is 12.8. The lowest BCUT2D eigenvalue weighted by Crippen LogP contribution is -2.45. The molecule has 0 saturated carbocycles. The highest BCUT2D eigenvalue weighted by molar-refractivity contribution is 5.93. The summed E-state index contributed by atoms with van der Waals surface area (Å²) in [6, 6.07) is 15.9. The standard InChI is InChI=1S/C29H33N7O2/c1-4-26(37)17-21-6-5-7-22(16-21)19-36-27-23(20-34(3)29(36)38)18-30-28(32-27)31-24-8-10-25(11-9-24)35-14-12-33(2)13-15-35/h4-11,16,18H,1,12-15,17,19-20H2,2-3H3,(H,30,31,32). The maximum atomic E-state index is 13.2. The number of nitrogens with zero attached hydrogens (tertiary/aromatic N) is 6. The van der Waals surface area contributed by atoms with Gasteiger partial charge in [-0.15, -0.1) is 0 Å². The van der Waals surface area contributed by atoms with Gasteiger partial charge in [-0.25, -0.2) is 9.78 Å². The van der Waals surface area contributed by atoms with Gasteiger partial charge < -0.3 is 20.0 Å². The van der Waals surface area contributed by atoms with E-state index < -0.39 is 0 Å². The first-order valence-corrected chi connectivity index (χ1v) is 12.8. The molecule has 2 aromatic carbocycles. The smallest absolute Gasteiger partial charge is 0.326 e. The molecule has 9 nitrogen and oxygen atoms in total. The van der Waals surface area contributed by atoms with Crippen molar-refractivity contribution in [2.45, 2.75) is 19.5 Å². The number of fused-ring (bicyclic) bond motifs is 1. The number of hydrogen-bond donors (Lipinski definition) is 1. The van der Waals surface area contributed by atoms with E-state index in [2.05, 4.69) is 45.9 Å². The van der Waals surface area contributed by atoms with Gasteiger partial charge in [-0.05, 0) is 48.5 Å². The minimum absolute atomic E-state index is 0.0405. The summed E-state index contributed by atoms with van der Waals surface area (Å²) in [5.74, 6) is 0.984. The number of piperazine rings is 1. The summed E-state index contributed by atoms with van der Waals surface area (Å²) < 4.78 is 0. The molecular formula is C29H33N7O2. The lowest BCUT2D eigenvalue weighted by molar-refractivity contribution is -0.114. The van der Waals surface area contributed by atoms with Crippen molar-refractivity contribution >= 4 is 35.0 Å². The van der Waals surface area contributed by atoms with Crippen LogP contribution in [0.4, 0.5) is 27.9 Å². The highest BCUT2D eigenvalue weighted by atomic mass is 16.2. The molecule has 3 aromatic rings. The van der Waals surface area contributed by atoms with Crippen LogP contribution >= 0.6 is 0 Å². The number of carbonyl (C=O) groups excluding carboxylic acids is 2. The number of hydrogen-bond acceptors (Lipinski definition) is 7. The Hall–Kier alpha value is -4.24. The van der Waals surface area contributed by atoms with Crippen LogP contribution in [-0.2, 0) is 24.3 Å². The molecule has 1 saturated heterocycles. The van der Waals surface area contributed by atoms with E-state index >= 15 is 0 Å². The van der Waals surface area contributed by atoms with Crippen molar-refractivity contribution in [3.05, 3.63) is 84.1 Å². The van der Waals surface area contributed by atoms with Gasteiger partial charge in [-0.1, -0.05) is 30.8 Å². The fraction of sp³-hybridized carbons (Fsp3) is 0.310. The monoisotopic (exact) mass is 511 g/mol. The van der Waals surface area contributed by atoms with Gasteiger partial charge in [0.1, 0.15) is 5.82 Å². The molecule has 2 aliphatic heterocycles. The number of allylic oxidation sites excluding steroid dienone is 1. The Kier molecular flexibility index (Phi) is 7.37. The molecule has 0 bridgehead atoms. The second-order valence-electron chi connectivity index (χ2n) is 9.90. The van der Waals surface area contributed by atoms with E-state index in [-0.39, 0.29) is 18.2 Å². The highest BCUT2D eigenvalue weighted by Gasteiger charge is 2.30. The number of ketones is 1. The molecule has 2 aliphatic rings. The van der Waals surface area contributed by atoms with Crippen molar-refractivity contribution in [3.63, 3.8) is 0 Å². The minimum atomic E-state index is -0.133. The number of carbonyl (C=O) groups is 2. The number of likely N-dealkylation sites (N-methyl/N-ethyl adjacent to an activating group) is 1. The predicted octanol–water partition coefficient (Wildman–Crippen LogP) is 3.84. The van der Waals surface area contributed by atoms with Crippen LogP contribution in [0.1, 0.15) is 16.7 Å². The van der Waals surface area contributed by atoms with Gasteiger partial charge in [0.05, 0.1) is 13.1 Å². The molecule has 0 unspecified atom stereocenters. The molecule has 2 amide bonds. The summed E-state index contributed by atoms with van der Waals surface area (Å²) in [6.07, 6.45) is 3.39. The van der Waals surface area contributed by atoms with Crippen LogP contribution in [-0.4, -0.2) is 71.9 Å². The number of amides is 2. The number of nitrogens with one attached hydrogen (secondary N) is 1. The summed E-state index contributed by atoms with van der Waals surface area (Å²) in [4.78, 5) is 42.3. The maximum Gasteiger partial charge on any atom is 0.326 e. The molecule has 38 heavy (non-hydrogen) atoms. The van der Waals surface area contributed by atoms with E-state index in [9.17, 15) is 9.59 Å². The number of rotatable bonds is 8. The molecule has 3 heterocycles. The third-order valence-corrected chi connectivity index (χ3v) is 6.99. The molecular weight excluding hydrogens is 478 g/mol. The summed E-state index contributed by atoms with van der Waals surface area (Å²) in [7, 11) is 3.92. The zero-order valence-electron chi connectivity index (χ0n) is 21.9. The van der Waals surface area contributed by atoms with Gasteiger partial charge in [0.2, 0.25) is 5.95 Å². The van der Waals surface area contributed by atoms with E-state index in [0.29, 0.717) is 24.9 Å². The lowest BCUT2D eigenvalue weighted by atomic mass is 10.1. The average molecular weight is 512 g/mol. The molecule has 0 radical (unpaired) electrons. The lowest BCUT2D eigenvalue weighted by Gasteiger charge is -2.34. The molecule has 196 valence electrons. The van der Waals surface area contributed by atoms with Crippen molar-refractivity contribution in [3.8, 4) is 0 Å². The van der Waals surface area contributed by atoms with Gasteiger partial charge in [-0.2, -0.15) is 4.98 Å². The van der Waals surface area contributed by atoms with Crippen LogP contribution in [0.3, 0.4) is 0 Å². The van der Waals surface area contributed by atoms with Crippen molar-refractivity contribution in [1.82, 2.24) is 19.8 Å². The zero-order chi connectivity index (χ0) is 26.6. The molecule has 1 N–H and O–H groups in total. The number of benzene rings is 2. The van der Waals surface area contributed by atoms with E-state index in [0.717, 1.165) is 48.6 Å². The predicted molar refractivity (Wildman–Crippen MR) is 150 cm³/mol. The van der Waals surface area contributed by atoms with Gasteiger partial charge >= 0.3 is 6.03 Å². The minimum Gasteiger partial charge on any atom is -0.369 e. The Morgan fingerprint density at radius 1 is 1.05 bits per heavy atom. The molecule has 5 rings (SSSR count). The first kappa shape index (κ1) is 25.4. The molecule has 0 aliphatic carbocycles. The van der Waals surface area contributed by atoms with Crippen molar-refractivity contribution in [1.29, 1.82) is 0 Å². The number of aromatic nitrogens is 2. The summed E-state index contributed by atoms with van der Waals surface area (Å²) in [5, 5.41) is 3.29. The van der Waals surface area contributed by atoms with E-state index in [1.807, 2.05) is 36.4 Å². The summed E-state index contributed by atoms with van der Waals surface area (Å²) in [5.41, 5.74) is 4.76. The van der Waals surface area contributed by atoms with Crippen LogP contribution in [0.2, 0.25) is 0 Å². The quantitative estimate of drug-likeness (QED) is 0.460. The SMILES string of the molecule is C=CC(=O)Cc1cccc(CN2C(=O)N(C)Cc3cnc(Nc4ccc(N5CCN(C)CC5)cc4)nc32)c1. The van der Waals surface area contributed by atoms with E-state index in [1.54, 1.807) is 23.0 Å². The Morgan fingerprint density at radius 2 is 1.79 bits per heavy atom. The van der Waals surface area contributed by atoms with E-state index in [1.165, 1.54) is 11.8 Å². The van der Waals surface area contributed by atoms with Crippen molar-refractivity contribution in [2.24, 2.45) is 0 Å². The highest BCUT2D eigenvalue weighted by Crippen LogP contribution is 2.29. The van der Waals surface area contributed by atoms with Gasteiger partial charge in [0, 0.05) is 62.8 Å². The largest absolute Gasteiger partial charge is 0.369 e. The maximum absolute atomic E-state index is 13.2.